The number of hydrogen-bond acceptors (Lipinski definition) is 4. The second-order valence-electron chi connectivity index (χ2n) is 17.8. The van der Waals surface area contributed by atoms with Gasteiger partial charge in [-0.3, -0.25) is 0 Å². The topological polar surface area (TPSA) is 21.7 Å². The Morgan fingerprint density at radius 3 is 1.21 bits per heavy atom. The maximum atomic E-state index is 6.96. The predicted octanol–water partition coefficient (Wildman–Crippen LogP) is 16.5. The van der Waals surface area contributed by atoms with E-state index in [1.807, 2.05) is 11.3 Å². The van der Waals surface area contributed by atoms with Crippen molar-refractivity contribution in [2.24, 2.45) is 0 Å². The van der Waals surface area contributed by atoms with Gasteiger partial charge in [0.15, 0.2) is 0 Å². The highest BCUT2D eigenvalue weighted by Gasteiger charge is 2.53. The summed E-state index contributed by atoms with van der Waals surface area (Å²) in [5.74, 6) is 3.48. The van der Waals surface area contributed by atoms with E-state index in [0.717, 1.165) is 62.3 Å². The van der Waals surface area contributed by atoms with Crippen LogP contribution in [0.4, 0.5) is 17.1 Å². The molecule has 4 heteroatoms. The van der Waals surface area contributed by atoms with E-state index in [1.165, 1.54) is 64.7 Å². The summed E-state index contributed by atoms with van der Waals surface area (Å²) in [5.41, 5.74) is 16.6. The van der Waals surface area contributed by atoms with Crippen molar-refractivity contribution in [1.29, 1.82) is 0 Å². The van der Waals surface area contributed by atoms with Gasteiger partial charge in [-0.15, -0.1) is 11.3 Å². The zero-order valence-electron chi connectivity index (χ0n) is 35.5. The molecule has 0 atom stereocenters. The third-order valence-corrected chi connectivity index (χ3v) is 15.9. The van der Waals surface area contributed by atoms with Crippen LogP contribution in [0.25, 0.3) is 42.4 Å². The van der Waals surface area contributed by atoms with Gasteiger partial charge in [-0.1, -0.05) is 158 Å². The quantitative estimate of drug-likeness (QED) is 0.177. The lowest BCUT2D eigenvalue weighted by Crippen LogP contribution is -2.32. The lowest BCUT2D eigenvalue weighted by atomic mass is 9.66. The number of fused-ring (bicyclic) bond motifs is 21. The van der Waals surface area contributed by atoms with E-state index in [1.54, 1.807) is 0 Å². The minimum absolute atomic E-state index is 0.616. The molecule has 3 nitrogen and oxygen atoms in total. The van der Waals surface area contributed by atoms with E-state index in [0.29, 0.717) is 0 Å². The average molecular weight is 860 g/mol. The molecule has 0 saturated carbocycles. The fraction of sp³-hybridized carbons (Fsp3) is 0.0323. The summed E-state index contributed by atoms with van der Waals surface area (Å²) in [5, 5.41) is 2.48. The second-order valence-corrected chi connectivity index (χ2v) is 18.9. The molecule has 3 heterocycles. The van der Waals surface area contributed by atoms with Crippen molar-refractivity contribution in [3.05, 3.63) is 269 Å². The van der Waals surface area contributed by atoms with Crippen LogP contribution in [0.1, 0.15) is 44.5 Å². The highest BCUT2D eigenvalue weighted by Crippen LogP contribution is 2.65. The molecule has 2 aliphatic carbocycles. The van der Waals surface area contributed by atoms with Gasteiger partial charge in [0, 0.05) is 53.8 Å². The lowest BCUT2D eigenvalue weighted by molar-refractivity contribution is 0.436. The van der Waals surface area contributed by atoms with Gasteiger partial charge < -0.3 is 14.4 Å². The van der Waals surface area contributed by atoms with Crippen LogP contribution >= 0.6 is 11.3 Å². The maximum Gasteiger partial charge on any atom is 0.132 e. The first-order valence-corrected chi connectivity index (χ1v) is 23.5. The first-order valence-electron chi connectivity index (χ1n) is 22.7. The molecule has 10 aromatic carbocycles. The lowest BCUT2D eigenvalue weighted by Gasteiger charge is -2.41. The third-order valence-electron chi connectivity index (χ3n) is 14.8. The zero-order chi connectivity index (χ0) is 43.1. The minimum atomic E-state index is -0.616. The molecule has 11 aromatic rings. The number of hydrogen-bond donors (Lipinski definition) is 0. The van der Waals surface area contributed by atoms with Crippen molar-refractivity contribution < 1.29 is 9.47 Å². The van der Waals surface area contributed by atoms with Gasteiger partial charge in [0.05, 0.1) is 16.5 Å². The Morgan fingerprint density at radius 1 is 0.318 bits per heavy atom. The van der Waals surface area contributed by atoms with Crippen LogP contribution in [0, 0.1) is 0 Å². The standard InChI is InChI=1S/C62H37NO2S/c1-6-21-45-40(16-1)41-17-2-7-22-46(41)61(45)49-25-10-12-28-54(49)64-56-34-32-38(36-51(56)61)63(53-27-15-31-59-60(53)44-20-5-14-30-58(44)66-59)39-33-35-57-52(37-39)62(50-26-11-13-29-55(50)65-57)47-23-8-3-18-42(47)43-19-4-9-24-48(43)62/h1-37H. The summed E-state index contributed by atoms with van der Waals surface area (Å²) in [6, 6.07) is 82.4. The number of rotatable bonds is 3. The molecule has 66 heavy (non-hydrogen) atoms. The molecule has 308 valence electrons. The molecular weight excluding hydrogens is 823 g/mol. The number of thiophene rings is 1. The molecule has 2 spiro atoms. The summed E-state index contributed by atoms with van der Waals surface area (Å²) < 4.78 is 16.4. The van der Waals surface area contributed by atoms with Gasteiger partial charge in [0.1, 0.15) is 23.0 Å². The first-order chi connectivity index (χ1) is 32.7. The Morgan fingerprint density at radius 2 is 0.712 bits per heavy atom. The van der Waals surface area contributed by atoms with Crippen LogP contribution in [0.5, 0.6) is 23.0 Å². The summed E-state index contributed by atoms with van der Waals surface area (Å²) in [6.45, 7) is 0. The Labute approximate surface area is 386 Å². The van der Waals surface area contributed by atoms with Crippen molar-refractivity contribution in [3.8, 4) is 45.3 Å². The van der Waals surface area contributed by atoms with Gasteiger partial charge in [0.25, 0.3) is 0 Å². The van der Waals surface area contributed by atoms with Gasteiger partial charge in [-0.05, 0) is 111 Å². The average Bonchev–Trinajstić information content (AvgIpc) is 4.01. The SMILES string of the molecule is c1ccc2c(c1)Oc1ccc(N(c3ccc4c(c3)C3(c5ccccc5O4)c4ccccc4-c4ccccc43)c3cccc4sc5ccccc5c34)cc1C21c2ccccc2-c2ccccc21. The van der Waals surface area contributed by atoms with Crippen molar-refractivity contribution in [2.75, 3.05) is 4.90 Å². The van der Waals surface area contributed by atoms with Crippen molar-refractivity contribution in [1.82, 2.24) is 0 Å². The van der Waals surface area contributed by atoms with E-state index in [9.17, 15) is 0 Å². The molecule has 0 bridgehead atoms. The van der Waals surface area contributed by atoms with Gasteiger partial charge >= 0.3 is 0 Å². The van der Waals surface area contributed by atoms with E-state index < -0.39 is 10.8 Å². The summed E-state index contributed by atoms with van der Waals surface area (Å²) in [4.78, 5) is 2.49. The molecule has 15 rings (SSSR count). The van der Waals surface area contributed by atoms with Crippen LogP contribution in [0.15, 0.2) is 224 Å². The van der Waals surface area contributed by atoms with E-state index in [2.05, 4.69) is 229 Å². The molecule has 4 aliphatic rings. The Bertz CT molecular complexity index is 3590. The zero-order valence-corrected chi connectivity index (χ0v) is 36.4. The molecule has 2 aliphatic heterocycles. The highest BCUT2D eigenvalue weighted by molar-refractivity contribution is 7.26. The Balaban J connectivity index is 1.04. The Hall–Kier alpha value is -8.18. The number of nitrogens with zero attached hydrogens (tertiary/aromatic N) is 1. The van der Waals surface area contributed by atoms with Crippen molar-refractivity contribution in [3.63, 3.8) is 0 Å². The fourth-order valence-electron chi connectivity index (χ4n) is 12.3. The third kappa shape index (κ3) is 4.51. The molecule has 1 aromatic heterocycles. The number of para-hydroxylation sites is 2. The van der Waals surface area contributed by atoms with Gasteiger partial charge in [0.2, 0.25) is 0 Å². The van der Waals surface area contributed by atoms with Crippen LogP contribution < -0.4 is 14.4 Å². The first kappa shape index (κ1) is 36.2. The fourth-order valence-corrected chi connectivity index (χ4v) is 13.5. The van der Waals surface area contributed by atoms with Crippen LogP contribution in [0.3, 0.4) is 0 Å². The largest absolute Gasteiger partial charge is 0.457 e. The van der Waals surface area contributed by atoms with Crippen molar-refractivity contribution in [2.45, 2.75) is 10.8 Å². The molecule has 0 radical (unpaired) electrons. The predicted molar refractivity (Wildman–Crippen MR) is 269 cm³/mol. The summed E-state index contributed by atoms with van der Waals surface area (Å²) in [6.07, 6.45) is 0. The number of anilines is 3. The maximum absolute atomic E-state index is 6.96. The normalized spacial score (nSPS) is 14.5. The van der Waals surface area contributed by atoms with E-state index >= 15 is 0 Å². The van der Waals surface area contributed by atoms with Crippen LogP contribution in [-0.2, 0) is 10.8 Å². The second kappa shape index (κ2) is 13.2. The summed E-state index contributed by atoms with van der Waals surface area (Å²) >= 11 is 1.85. The van der Waals surface area contributed by atoms with E-state index in [4.69, 9.17) is 9.47 Å². The molecular formula is C62H37NO2S. The molecule has 0 fully saturated rings. The monoisotopic (exact) mass is 859 g/mol. The van der Waals surface area contributed by atoms with Gasteiger partial charge in [-0.25, -0.2) is 0 Å². The highest BCUT2D eigenvalue weighted by atomic mass is 32.1. The summed E-state index contributed by atoms with van der Waals surface area (Å²) in [7, 11) is 0. The minimum Gasteiger partial charge on any atom is -0.457 e. The number of ether oxygens (including phenoxy) is 2. The van der Waals surface area contributed by atoms with Crippen molar-refractivity contribution >= 4 is 48.6 Å². The Kier molecular flexibility index (Phi) is 7.24. The smallest absolute Gasteiger partial charge is 0.132 e. The molecule has 0 saturated heterocycles. The number of benzene rings is 10. The van der Waals surface area contributed by atoms with Crippen LogP contribution in [0.2, 0.25) is 0 Å². The molecule has 0 N–H and O–H groups in total. The van der Waals surface area contributed by atoms with Gasteiger partial charge in [-0.2, -0.15) is 0 Å². The molecule has 0 unspecified atom stereocenters. The molecule has 0 amide bonds. The van der Waals surface area contributed by atoms with E-state index in [-0.39, 0.29) is 0 Å². The van der Waals surface area contributed by atoms with Crippen LogP contribution in [-0.4, -0.2) is 0 Å².